The molecule has 0 unspecified atom stereocenters. The number of pyridine rings is 1. The molecule has 0 aromatic carbocycles. The van der Waals surface area contributed by atoms with Crippen LogP contribution in [0.5, 0.6) is 0 Å². The number of nitrogens with zero attached hydrogens (tertiary/aromatic N) is 3. The molecule has 3 aromatic rings. The van der Waals surface area contributed by atoms with Crippen molar-refractivity contribution in [3.05, 3.63) is 42.2 Å². The first kappa shape index (κ1) is 11.9. The lowest BCUT2D eigenvalue weighted by molar-refractivity contribution is 1.16. The van der Waals surface area contributed by atoms with Gasteiger partial charge in [0.1, 0.15) is 5.65 Å². The summed E-state index contributed by atoms with van der Waals surface area (Å²) in [6, 6.07) is 4.04. The lowest BCUT2D eigenvalue weighted by atomic mass is 10.1. The van der Waals surface area contributed by atoms with Gasteiger partial charge in [-0.1, -0.05) is 6.08 Å². The lowest BCUT2D eigenvalue weighted by Crippen LogP contribution is -2.06. The number of hydrogen-bond donors (Lipinski definition) is 1. The van der Waals surface area contributed by atoms with E-state index in [1.807, 2.05) is 55.7 Å². The standard InChI is InChI=1S/C14H14N4S/c1-3-8-18(2)14-17-12(9-19-14)10-4-6-15-13-11(10)5-7-16-13/h3-9H,1-2H3,(H,15,16)/b8-3+. The molecule has 0 saturated heterocycles. The molecular weight excluding hydrogens is 256 g/mol. The summed E-state index contributed by atoms with van der Waals surface area (Å²) < 4.78 is 0. The zero-order chi connectivity index (χ0) is 13.2. The van der Waals surface area contributed by atoms with Gasteiger partial charge in [-0.25, -0.2) is 9.97 Å². The van der Waals surface area contributed by atoms with E-state index in [2.05, 4.69) is 20.3 Å². The monoisotopic (exact) mass is 270 g/mol. The van der Waals surface area contributed by atoms with Gasteiger partial charge in [0.25, 0.3) is 0 Å². The van der Waals surface area contributed by atoms with Gasteiger partial charge in [-0.2, -0.15) is 0 Å². The van der Waals surface area contributed by atoms with E-state index < -0.39 is 0 Å². The Morgan fingerprint density at radius 2 is 2.26 bits per heavy atom. The summed E-state index contributed by atoms with van der Waals surface area (Å²) >= 11 is 1.64. The van der Waals surface area contributed by atoms with E-state index in [0.29, 0.717) is 0 Å². The van der Waals surface area contributed by atoms with Crippen molar-refractivity contribution < 1.29 is 0 Å². The van der Waals surface area contributed by atoms with Gasteiger partial charge in [0, 0.05) is 42.0 Å². The summed E-state index contributed by atoms with van der Waals surface area (Å²) in [6.07, 6.45) is 7.71. The van der Waals surface area contributed by atoms with Crippen molar-refractivity contribution in [3.8, 4) is 11.3 Å². The maximum Gasteiger partial charge on any atom is 0.189 e. The third-order valence-electron chi connectivity index (χ3n) is 2.90. The molecule has 96 valence electrons. The Labute approximate surface area is 115 Å². The Hall–Kier alpha value is -2.14. The third-order valence-corrected chi connectivity index (χ3v) is 3.83. The molecule has 0 radical (unpaired) electrons. The van der Waals surface area contributed by atoms with Crippen LogP contribution >= 0.6 is 11.3 Å². The number of allylic oxidation sites excluding steroid dienone is 1. The first-order valence-electron chi connectivity index (χ1n) is 6.03. The van der Waals surface area contributed by atoms with Crippen LogP contribution in [0.3, 0.4) is 0 Å². The highest BCUT2D eigenvalue weighted by Crippen LogP contribution is 2.30. The van der Waals surface area contributed by atoms with Gasteiger partial charge >= 0.3 is 0 Å². The van der Waals surface area contributed by atoms with Crippen molar-refractivity contribution in [3.63, 3.8) is 0 Å². The fourth-order valence-corrected chi connectivity index (χ4v) is 2.80. The fraction of sp³-hybridized carbons (Fsp3) is 0.143. The van der Waals surface area contributed by atoms with Gasteiger partial charge in [0.05, 0.1) is 5.69 Å². The Morgan fingerprint density at radius 3 is 3.11 bits per heavy atom. The second-order valence-corrected chi connectivity index (χ2v) is 5.04. The minimum atomic E-state index is 0.897. The number of rotatable bonds is 3. The van der Waals surface area contributed by atoms with Gasteiger partial charge in [-0.15, -0.1) is 11.3 Å². The third kappa shape index (κ3) is 2.13. The van der Waals surface area contributed by atoms with Gasteiger partial charge in [-0.3, -0.25) is 0 Å². The Kier molecular flexibility index (Phi) is 3.05. The first-order valence-corrected chi connectivity index (χ1v) is 6.91. The molecule has 0 fully saturated rings. The summed E-state index contributed by atoms with van der Waals surface area (Å²) in [5, 5.41) is 4.17. The topological polar surface area (TPSA) is 44.8 Å². The normalized spacial score (nSPS) is 11.5. The summed E-state index contributed by atoms with van der Waals surface area (Å²) in [4.78, 5) is 14.1. The highest BCUT2D eigenvalue weighted by atomic mass is 32.1. The second-order valence-electron chi connectivity index (χ2n) is 4.21. The number of nitrogens with one attached hydrogen (secondary N) is 1. The van der Waals surface area contributed by atoms with Gasteiger partial charge in [0.15, 0.2) is 5.13 Å². The predicted octanol–water partition coefficient (Wildman–Crippen LogP) is 3.66. The number of aromatic amines is 1. The zero-order valence-electron chi connectivity index (χ0n) is 10.8. The molecule has 4 nitrogen and oxygen atoms in total. The molecular formula is C14H14N4S. The van der Waals surface area contributed by atoms with Crippen LogP contribution in [-0.2, 0) is 0 Å². The van der Waals surface area contributed by atoms with Crippen LogP contribution in [0.4, 0.5) is 5.13 Å². The highest BCUT2D eigenvalue weighted by Gasteiger charge is 2.10. The fourth-order valence-electron chi connectivity index (χ4n) is 2.02. The molecule has 0 atom stereocenters. The summed E-state index contributed by atoms with van der Waals surface area (Å²) in [7, 11) is 2.00. The van der Waals surface area contributed by atoms with Crippen molar-refractivity contribution in [1.82, 2.24) is 15.0 Å². The van der Waals surface area contributed by atoms with Crippen molar-refractivity contribution in [2.75, 3.05) is 11.9 Å². The van der Waals surface area contributed by atoms with Crippen LogP contribution in [0.25, 0.3) is 22.3 Å². The minimum Gasteiger partial charge on any atom is -0.346 e. The number of hydrogen-bond acceptors (Lipinski definition) is 4. The van der Waals surface area contributed by atoms with Crippen LogP contribution < -0.4 is 4.90 Å². The Morgan fingerprint density at radius 1 is 1.37 bits per heavy atom. The highest BCUT2D eigenvalue weighted by molar-refractivity contribution is 7.14. The number of H-pyrrole nitrogens is 1. The predicted molar refractivity (Wildman–Crippen MR) is 80.4 cm³/mol. The lowest BCUT2D eigenvalue weighted by Gasteiger charge is -2.08. The number of anilines is 1. The molecule has 3 heterocycles. The molecule has 0 aliphatic rings. The summed E-state index contributed by atoms with van der Waals surface area (Å²) in [5.74, 6) is 0. The van der Waals surface area contributed by atoms with E-state index in [1.54, 1.807) is 11.3 Å². The molecule has 3 rings (SSSR count). The molecule has 0 spiro atoms. The van der Waals surface area contributed by atoms with Crippen LogP contribution in [0.2, 0.25) is 0 Å². The summed E-state index contributed by atoms with van der Waals surface area (Å²) in [5.41, 5.74) is 3.00. The smallest absolute Gasteiger partial charge is 0.189 e. The average Bonchev–Trinajstić information content (AvgIpc) is 3.07. The van der Waals surface area contributed by atoms with E-state index >= 15 is 0 Å². The largest absolute Gasteiger partial charge is 0.346 e. The van der Waals surface area contributed by atoms with Crippen LogP contribution in [0, 0.1) is 0 Å². The van der Waals surface area contributed by atoms with Gasteiger partial charge in [-0.05, 0) is 19.1 Å². The van der Waals surface area contributed by atoms with E-state index in [9.17, 15) is 0 Å². The van der Waals surface area contributed by atoms with Crippen LogP contribution in [0.1, 0.15) is 6.92 Å². The molecule has 0 saturated carbocycles. The number of thiazole rings is 1. The minimum absolute atomic E-state index is 0.897. The van der Waals surface area contributed by atoms with E-state index in [4.69, 9.17) is 0 Å². The van der Waals surface area contributed by atoms with Crippen molar-refractivity contribution in [2.45, 2.75) is 6.92 Å². The number of fused-ring (bicyclic) bond motifs is 1. The molecule has 0 aliphatic heterocycles. The first-order chi connectivity index (χ1) is 9.29. The maximum absolute atomic E-state index is 4.68. The second kappa shape index (κ2) is 4.85. The zero-order valence-corrected chi connectivity index (χ0v) is 11.6. The van der Waals surface area contributed by atoms with Gasteiger partial charge in [0.2, 0.25) is 0 Å². The van der Waals surface area contributed by atoms with Crippen molar-refractivity contribution in [2.24, 2.45) is 0 Å². The molecule has 0 bridgehead atoms. The SMILES string of the molecule is C/C=C/N(C)c1nc(-c2ccnc3[nH]ccc23)cs1. The Balaban J connectivity index is 2.05. The van der Waals surface area contributed by atoms with Crippen molar-refractivity contribution in [1.29, 1.82) is 0 Å². The number of aromatic nitrogens is 3. The summed E-state index contributed by atoms with van der Waals surface area (Å²) in [6.45, 7) is 2.00. The molecule has 1 N–H and O–H groups in total. The van der Waals surface area contributed by atoms with Gasteiger partial charge < -0.3 is 9.88 Å². The maximum atomic E-state index is 4.68. The molecule has 5 heteroatoms. The van der Waals surface area contributed by atoms with Crippen LogP contribution in [-0.4, -0.2) is 22.0 Å². The average molecular weight is 270 g/mol. The van der Waals surface area contributed by atoms with E-state index in [-0.39, 0.29) is 0 Å². The van der Waals surface area contributed by atoms with E-state index in [0.717, 1.165) is 27.4 Å². The Bertz CT molecular complexity index is 726. The molecule has 0 amide bonds. The van der Waals surface area contributed by atoms with Crippen molar-refractivity contribution >= 4 is 27.5 Å². The molecule has 0 aliphatic carbocycles. The molecule has 19 heavy (non-hydrogen) atoms. The van der Waals surface area contributed by atoms with Crippen LogP contribution in [0.15, 0.2) is 42.2 Å². The molecule has 3 aromatic heterocycles. The quantitative estimate of drug-likeness (QED) is 0.790. The van der Waals surface area contributed by atoms with E-state index in [1.165, 1.54) is 0 Å².